The van der Waals surface area contributed by atoms with Gasteiger partial charge in [-0.1, -0.05) is 18.2 Å². The predicted octanol–water partition coefficient (Wildman–Crippen LogP) is 2.39. The van der Waals surface area contributed by atoms with Gasteiger partial charge in [-0.25, -0.2) is 14.9 Å². The van der Waals surface area contributed by atoms with Gasteiger partial charge in [-0.2, -0.15) is 10.4 Å². The lowest BCUT2D eigenvalue weighted by atomic mass is 9.93. The molecule has 2 aliphatic rings. The quantitative estimate of drug-likeness (QED) is 0.307. The predicted molar refractivity (Wildman–Crippen MR) is 140 cm³/mol. The number of benzene rings is 2. The van der Waals surface area contributed by atoms with E-state index < -0.39 is 17.8 Å². The van der Waals surface area contributed by atoms with E-state index in [1.807, 2.05) is 6.07 Å². The highest BCUT2D eigenvalue weighted by molar-refractivity contribution is 6.36. The molecule has 0 saturated heterocycles. The van der Waals surface area contributed by atoms with Crippen LogP contribution in [-0.4, -0.2) is 59.0 Å². The highest BCUT2D eigenvalue weighted by Crippen LogP contribution is 2.41. The minimum absolute atomic E-state index is 0.00598. The molecule has 5 N–H and O–H groups in total. The Morgan fingerprint density at radius 3 is 2.95 bits per heavy atom. The molecule has 0 spiro atoms. The summed E-state index contributed by atoms with van der Waals surface area (Å²) in [5, 5.41) is 30.6. The van der Waals surface area contributed by atoms with E-state index in [0.29, 0.717) is 51.4 Å². The Balaban J connectivity index is 1.45. The van der Waals surface area contributed by atoms with Crippen LogP contribution < -0.4 is 16.1 Å². The molecule has 38 heavy (non-hydrogen) atoms. The zero-order valence-electron chi connectivity index (χ0n) is 20.4. The molecule has 2 amide bonds. The molecule has 1 unspecified atom stereocenters. The number of amides is 2. The zero-order chi connectivity index (χ0) is 26.8. The molecule has 3 heterocycles. The van der Waals surface area contributed by atoms with Crippen molar-refractivity contribution in [1.82, 2.24) is 20.8 Å². The van der Waals surface area contributed by atoms with Crippen LogP contribution in [0.2, 0.25) is 0 Å². The van der Waals surface area contributed by atoms with E-state index >= 15 is 0 Å². The number of nitrogens with one attached hydrogen (secondary N) is 4. The molecule has 2 aliphatic heterocycles. The third-order valence-electron chi connectivity index (χ3n) is 6.21. The van der Waals surface area contributed by atoms with Crippen molar-refractivity contribution < 1.29 is 19.1 Å². The number of rotatable bonds is 7. The van der Waals surface area contributed by atoms with Gasteiger partial charge in [0, 0.05) is 29.7 Å². The highest BCUT2D eigenvalue weighted by Gasteiger charge is 2.28. The first-order chi connectivity index (χ1) is 18.3. The van der Waals surface area contributed by atoms with Crippen LogP contribution in [0.15, 0.2) is 47.6 Å². The molecule has 0 radical (unpaired) electrons. The number of nitrogens with zero attached hydrogens (tertiary/aromatic N) is 3. The molecule has 11 heteroatoms. The fourth-order valence-corrected chi connectivity index (χ4v) is 4.47. The maximum Gasteiger partial charge on any atom is 0.256 e. The lowest BCUT2D eigenvalue weighted by Crippen LogP contribution is -2.41. The number of fused-ring (bicyclic) bond motifs is 1. The van der Waals surface area contributed by atoms with E-state index in [2.05, 4.69) is 26.1 Å². The molecule has 5 rings (SSSR count). The fourth-order valence-electron chi connectivity index (χ4n) is 4.47. The van der Waals surface area contributed by atoms with E-state index in [-0.39, 0.29) is 24.6 Å². The zero-order valence-corrected chi connectivity index (χ0v) is 20.4. The molecule has 0 saturated carbocycles. The van der Waals surface area contributed by atoms with Crippen molar-refractivity contribution in [1.29, 1.82) is 5.26 Å². The topological polar surface area (TPSA) is 146 Å². The van der Waals surface area contributed by atoms with Crippen molar-refractivity contribution in [3.05, 3.63) is 76.4 Å². The number of H-pyrrole nitrogens is 1. The van der Waals surface area contributed by atoms with Crippen molar-refractivity contribution >= 4 is 35.4 Å². The molecule has 0 aliphatic carbocycles. The maximum atomic E-state index is 14.0. The van der Waals surface area contributed by atoms with Crippen LogP contribution >= 0.6 is 0 Å². The molecule has 3 aromatic rings. The van der Waals surface area contributed by atoms with Gasteiger partial charge in [0.1, 0.15) is 11.9 Å². The normalized spacial score (nSPS) is 15.9. The van der Waals surface area contributed by atoms with Gasteiger partial charge < -0.3 is 20.7 Å². The third-order valence-corrected chi connectivity index (χ3v) is 6.21. The van der Waals surface area contributed by atoms with Crippen LogP contribution in [0.5, 0.6) is 0 Å². The van der Waals surface area contributed by atoms with Crippen molar-refractivity contribution in [2.45, 2.75) is 13.0 Å². The van der Waals surface area contributed by atoms with Crippen molar-refractivity contribution in [3.8, 4) is 17.2 Å². The third kappa shape index (κ3) is 4.90. The van der Waals surface area contributed by atoms with E-state index in [4.69, 9.17) is 0 Å². The lowest BCUT2D eigenvalue weighted by Gasteiger charge is -2.18. The Morgan fingerprint density at radius 2 is 2.18 bits per heavy atom. The summed E-state index contributed by atoms with van der Waals surface area (Å²) in [4.78, 5) is 29.1. The number of aromatic nitrogens is 1. The van der Waals surface area contributed by atoms with Crippen LogP contribution in [0.3, 0.4) is 0 Å². The standard InChI is InChI=1S/C27H24FN7O3/c1-15-9-20(26(37)30-13-18(36)14-35-31-7-8-32-35)24(33-15)11-21-25-19(3-2-4-23(25)34-27(21)38)16-5-6-22(28)17(10-16)12-29/h2-7,9-11,18,32-33,36H,8,13-14H2,1H3,(H,30,37)(H,34,38)/b21-11-. The molecular weight excluding hydrogens is 489 g/mol. The second kappa shape index (κ2) is 10.3. The Morgan fingerprint density at radius 1 is 1.34 bits per heavy atom. The SMILES string of the molecule is Cc1cc(C(=O)NCC(O)CN2N=CCN2)c(/C=C2\C(=O)Nc3cccc(-c4ccc(F)c(C#N)c4)c32)[nH]1. The summed E-state index contributed by atoms with van der Waals surface area (Å²) in [6.45, 7) is 2.59. The van der Waals surface area contributed by atoms with E-state index in [0.717, 1.165) is 0 Å². The molecule has 192 valence electrons. The van der Waals surface area contributed by atoms with Gasteiger partial charge in [-0.3, -0.25) is 9.59 Å². The number of β-amino-alcohol motifs (C(OH)–C–C–N with tert-alkyl or cyclic N) is 1. The Labute approximate surface area is 217 Å². The van der Waals surface area contributed by atoms with Gasteiger partial charge in [-0.05, 0) is 48.4 Å². The lowest BCUT2D eigenvalue weighted by molar-refractivity contribution is -0.110. The van der Waals surface area contributed by atoms with E-state index in [1.165, 1.54) is 17.3 Å². The average Bonchev–Trinajstić information content (AvgIpc) is 3.62. The number of aromatic amines is 1. The second-order valence-corrected chi connectivity index (χ2v) is 8.93. The van der Waals surface area contributed by atoms with Crippen LogP contribution in [0.25, 0.3) is 22.8 Å². The monoisotopic (exact) mass is 513 g/mol. The summed E-state index contributed by atoms with van der Waals surface area (Å²) < 4.78 is 14.0. The first-order valence-electron chi connectivity index (χ1n) is 11.9. The number of carbonyl (C=O) groups is 2. The Bertz CT molecular complexity index is 1540. The summed E-state index contributed by atoms with van der Waals surface area (Å²) in [6.07, 6.45) is 2.42. The summed E-state index contributed by atoms with van der Waals surface area (Å²) >= 11 is 0. The minimum Gasteiger partial charge on any atom is -0.389 e. The van der Waals surface area contributed by atoms with Crippen molar-refractivity contribution in [2.75, 3.05) is 25.0 Å². The number of nitriles is 1. The molecule has 10 nitrogen and oxygen atoms in total. The first kappa shape index (κ1) is 24.9. The van der Waals surface area contributed by atoms with Crippen LogP contribution in [0.1, 0.15) is 32.9 Å². The number of hydrogen-bond donors (Lipinski definition) is 5. The maximum absolute atomic E-state index is 14.0. The second-order valence-electron chi connectivity index (χ2n) is 8.93. The summed E-state index contributed by atoms with van der Waals surface area (Å²) in [6, 6.07) is 13.0. The molecule has 1 atom stereocenters. The van der Waals surface area contributed by atoms with Gasteiger partial charge in [0.15, 0.2) is 0 Å². The summed E-state index contributed by atoms with van der Waals surface area (Å²) in [5.41, 5.74) is 6.97. The Kier molecular flexibility index (Phi) is 6.74. The van der Waals surface area contributed by atoms with Gasteiger partial charge in [0.05, 0.1) is 41.6 Å². The smallest absolute Gasteiger partial charge is 0.256 e. The average molecular weight is 514 g/mol. The summed E-state index contributed by atoms with van der Waals surface area (Å²) in [5.74, 6) is -1.40. The largest absolute Gasteiger partial charge is 0.389 e. The van der Waals surface area contributed by atoms with Gasteiger partial charge >= 0.3 is 0 Å². The number of aliphatic hydroxyl groups excluding tert-OH is 1. The van der Waals surface area contributed by atoms with Crippen LogP contribution in [0, 0.1) is 24.1 Å². The molecule has 0 fully saturated rings. The number of hydrazone groups is 1. The number of hydrogen-bond acceptors (Lipinski definition) is 7. The Hall–Kier alpha value is -4.79. The van der Waals surface area contributed by atoms with E-state index in [9.17, 15) is 24.3 Å². The number of aliphatic hydroxyl groups is 1. The number of carbonyl (C=O) groups excluding carboxylic acids is 2. The minimum atomic E-state index is -0.854. The fraction of sp³-hybridized carbons (Fsp3) is 0.185. The first-order valence-corrected chi connectivity index (χ1v) is 11.9. The highest BCUT2D eigenvalue weighted by atomic mass is 19.1. The van der Waals surface area contributed by atoms with Crippen LogP contribution in [-0.2, 0) is 4.79 Å². The number of aryl methyl sites for hydroxylation is 1. The number of hydrazine groups is 1. The molecular formula is C27H24FN7O3. The van der Waals surface area contributed by atoms with Gasteiger partial charge in [0.2, 0.25) is 0 Å². The number of halogens is 1. The molecule has 2 aromatic carbocycles. The van der Waals surface area contributed by atoms with Crippen LogP contribution in [0.4, 0.5) is 10.1 Å². The van der Waals surface area contributed by atoms with Gasteiger partial charge in [-0.15, -0.1) is 0 Å². The number of anilines is 1. The molecule has 0 bridgehead atoms. The summed E-state index contributed by atoms with van der Waals surface area (Å²) in [7, 11) is 0. The van der Waals surface area contributed by atoms with Gasteiger partial charge in [0.25, 0.3) is 11.8 Å². The van der Waals surface area contributed by atoms with Crippen molar-refractivity contribution in [2.24, 2.45) is 5.10 Å². The van der Waals surface area contributed by atoms with E-state index in [1.54, 1.807) is 49.5 Å². The molecule has 1 aromatic heterocycles. The van der Waals surface area contributed by atoms with Crippen molar-refractivity contribution in [3.63, 3.8) is 0 Å².